The first-order valence-electron chi connectivity index (χ1n) is 6.45. The predicted octanol–water partition coefficient (Wildman–Crippen LogP) is 2.82. The summed E-state index contributed by atoms with van der Waals surface area (Å²) in [4.78, 5) is 18.0. The Morgan fingerprint density at radius 3 is 3.00 bits per heavy atom. The zero-order valence-electron chi connectivity index (χ0n) is 10.4. The van der Waals surface area contributed by atoms with E-state index in [9.17, 15) is 4.79 Å². The van der Waals surface area contributed by atoms with Crippen LogP contribution in [0, 0.1) is 0 Å². The van der Waals surface area contributed by atoms with Gasteiger partial charge < -0.3 is 4.90 Å². The van der Waals surface area contributed by atoms with Crippen LogP contribution < -0.4 is 0 Å². The third-order valence-corrected chi connectivity index (χ3v) is 5.59. The minimum atomic E-state index is 0.199. The van der Waals surface area contributed by atoms with Gasteiger partial charge in [0.05, 0.1) is 8.66 Å². The van der Waals surface area contributed by atoms with Gasteiger partial charge in [-0.2, -0.15) is 0 Å². The highest BCUT2D eigenvalue weighted by Crippen LogP contribution is 2.28. The highest BCUT2D eigenvalue weighted by atomic mass is 79.9. The van der Waals surface area contributed by atoms with Gasteiger partial charge in [0, 0.05) is 25.2 Å². The molecule has 3 heterocycles. The van der Waals surface area contributed by atoms with Crippen LogP contribution in [-0.2, 0) is 0 Å². The predicted molar refractivity (Wildman–Crippen MR) is 77.1 cm³/mol. The van der Waals surface area contributed by atoms with E-state index in [0.29, 0.717) is 12.1 Å². The maximum atomic E-state index is 12.5. The lowest BCUT2D eigenvalue weighted by Crippen LogP contribution is -2.56. The summed E-state index contributed by atoms with van der Waals surface area (Å²) in [6, 6.07) is 4.79. The van der Waals surface area contributed by atoms with Crippen LogP contribution >= 0.6 is 27.3 Å². The summed E-state index contributed by atoms with van der Waals surface area (Å²) in [6.45, 7) is 5.30. The maximum Gasteiger partial charge on any atom is 0.264 e. The topological polar surface area (TPSA) is 23.6 Å². The van der Waals surface area contributed by atoms with E-state index in [-0.39, 0.29) is 5.91 Å². The first-order valence-corrected chi connectivity index (χ1v) is 8.06. The Hall–Kier alpha value is -0.390. The van der Waals surface area contributed by atoms with E-state index >= 15 is 0 Å². The number of fused-ring (bicyclic) bond motifs is 1. The standard InChI is InChI=1S/C13H17BrN2OS/c1-9-7-15-6-2-3-10(15)8-16(9)13(17)11-4-5-12(14)18-11/h4-5,9-10H,2-3,6-8H2,1H3/t9-,10-/m1/s1. The van der Waals surface area contributed by atoms with E-state index in [4.69, 9.17) is 0 Å². The molecule has 0 aliphatic carbocycles. The summed E-state index contributed by atoms with van der Waals surface area (Å²) in [7, 11) is 0. The number of halogens is 1. The van der Waals surface area contributed by atoms with Crippen molar-refractivity contribution >= 4 is 33.2 Å². The number of carbonyl (C=O) groups is 1. The number of carbonyl (C=O) groups excluding carboxylic acids is 1. The van der Waals surface area contributed by atoms with Crippen LogP contribution in [0.25, 0.3) is 0 Å². The molecule has 0 unspecified atom stereocenters. The molecular weight excluding hydrogens is 312 g/mol. The van der Waals surface area contributed by atoms with Gasteiger partial charge in [-0.25, -0.2) is 0 Å². The van der Waals surface area contributed by atoms with Crippen molar-refractivity contribution in [1.82, 2.24) is 9.80 Å². The van der Waals surface area contributed by atoms with Gasteiger partial charge in [0.15, 0.2) is 0 Å². The molecule has 2 aliphatic heterocycles. The first kappa shape index (κ1) is 12.6. The van der Waals surface area contributed by atoms with Gasteiger partial charge in [-0.3, -0.25) is 9.69 Å². The van der Waals surface area contributed by atoms with Crippen molar-refractivity contribution in [3.05, 3.63) is 20.8 Å². The van der Waals surface area contributed by atoms with Gasteiger partial charge in [-0.15, -0.1) is 11.3 Å². The Morgan fingerprint density at radius 2 is 2.28 bits per heavy atom. The van der Waals surface area contributed by atoms with E-state index in [0.717, 1.165) is 21.8 Å². The molecule has 0 aromatic carbocycles. The molecule has 1 amide bonds. The Labute approximate surface area is 120 Å². The molecule has 98 valence electrons. The Morgan fingerprint density at radius 1 is 1.44 bits per heavy atom. The third kappa shape index (κ3) is 2.24. The van der Waals surface area contributed by atoms with Crippen molar-refractivity contribution in [2.24, 2.45) is 0 Å². The second kappa shape index (κ2) is 4.94. The summed E-state index contributed by atoms with van der Waals surface area (Å²) in [5.74, 6) is 0.199. The molecule has 3 nitrogen and oxygen atoms in total. The molecule has 1 aromatic heterocycles. The van der Waals surface area contributed by atoms with Crippen LogP contribution in [0.4, 0.5) is 0 Å². The van der Waals surface area contributed by atoms with Crippen LogP contribution in [0.3, 0.4) is 0 Å². The van der Waals surface area contributed by atoms with Crippen molar-refractivity contribution in [3.8, 4) is 0 Å². The molecule has 1 aromatic rings. The molecule has 0 radical (unpaired) electrons. The van der Waals surface area contributed by atoms with Crippen molar-refractivity contribution in [2.75, 3.05) is 19.6 Å². The fourth-order valence-corrected chi connectivity index (χ4v) is 4.38. The van der Waals surface area contributed by atoms with E-state index < -0.39 is 0 Å². The molecule has 2 saturated heterocycles. The van der Waals surface area contributed by atoms with Crippen molar-refractivity contribution in [2.45, 2.75) is 31.8 Å². The van der Waals surface area contributed by atoms with Gasteiger partial charge in [0.25, 0.3) is 5.91 Å². The summed E-state index contributed by atoms with van der Waals surface area (Å²) in [5, 5.41) is 0. The maximum absolute atomic E-state index is 12.5. The average molecular weight is 329 g/mol. The normalized spacial score (nSPS) is 28.4. The van der Waals surface area contributed by atoms with Crippen molar-refractivity contribution < 1.29 is 4.79 Å². The number of hydrogen-bond acceptors (Lipinski definition) is 3. The number of rotatable bonds is 1. The Balaban J connectivity index is 1.77. The van der Waals surface area contributed by atoms with Crippen LogP contribution in [-0.4, -0.2) is 47.4 Å². The minimum absolute atomic E-state index is 0.199. The van der Waals surface area contributed by atoms with Gasteiger partial charge >= 0.3 is 0 Å². The smallest absolute Gasteiger partial charge is 0.264 e. The average Bonchev–Trinajstić information content (AvgIpc) is 2.95. The number of amides is 1. The molecule has 2 atom stereocenters. The lowest BCUT2D eigenvalue weighted by atomic mass is 10.1. The van der Waals surface area contributed by atoms with Gasteiger partial charge in [-0.05, 0) is 54.4 Å². The second-order valence-corrected chi connectivity index (χ2v) is 7.66. The summed E-state index contributed by atoms with van der Waals surface area (Å²) in [6.07, 6.45) is 2.52. The summed E-state index contributed by atoms with van der Waals surface area (Å²) in [5.41, 5.74) is 0. The Bertz CT molecular complexity index is 462. The first-order chi connectivity index (χ1) is 8.65. The quantitative estimate of drug-likeness (QED) is 0.791. The number of hydrogen-bond donors (Lipinski definition) is 0. The van der Waals surface area contributed by atoms with Crippen LogP contribution in [0.5, 0.6) is 0 Å². The molecule has 0 saturated carbocycles. The van der Waals surface area contributed by atoms with Crippen LogP contribution in [0.15, 0.2) is 15.9 Å². The van der Waals surface area contributed by atoms with Gasteiger partial charge in [-0.1, -0.05) is 0 Å². The monoisotopic (exact) mass is 328 g/mol. The second-order valence-electron chi connectivity index (χ2n) is 5.20. The molecule has 5 heteroatoms. The number of piperazine rings is 1. The lowest BCUT2D eigenvalue weighted by molar-refractivity contribution is 0.0400. The van der Waals surface area contributed by atoms with Gasteiger partial charge in [0.1, 0.15) is 0 Å². The molecular formula is C13H17BrN2OS. The SMILES string of the molecule is C[C@@H]1CN2CCC[C@@H]2CN1C(=O)c1ccc(Br)s1. The minimum Gasteiger partial charge on any atom is -0.332 e. The van der Waals surface area contributed by atoms with E-state index in [1.165, 1.54) is 30.7 Å². The lowest BCUT2D eigenvalue weighted by Gasteiger charge is -2.42. The molecule has 2 fully saturated rings. The van der Waals surface area contributed by atoms with E-state index in [2.05, 4.69) is 32.7 Å². The fraction of sp³-hybridized carbons (Fsp3) is 0.615. The van der Waals surface area contributed by atoms with E-state index in [1.54, 1.807) is 0 Å². The molecule has 0 N–H and O–H groups in total. The summed E-state index contributed by atoms with van der Waals surface area (Å²) < 4.78 is 1.03. The molecule has 0 bridgehead atoms. The van der Waals surface area contributed by atoms with Gasteiger partial charge in [0.2, 0.25) is 0 Å². The fourth-order valence-electron chi connectivity index (χ4n) is 3.04. The Kier molecular flexibility index (Phi) is 3.47. The summed E-state index contributed by atoms with van der Waals surface area (Å²) >= 11 is 4.95. The van der Waals surface area contributed by atoms with Crippen molar-refractivity contribution in [3.63, 3.8) is 0 Å². The highest BCUT2D eigenvalue weighted by molar-refractivity contribution is 9.11. The molecule has 3 rings (SSSR count). The molecule has 18 heavy (non-hydrogen) atoms. The van der Waals surface area contributed by atoms with Crippen LogP contribution in [0.1, 0.15) is 29.4 Å². The zero-order valence-corrected chi connectivity index (χ0v) is 12.8. The van der Waals surface area contributed by atoms with Crippen LogP contribution in [0.2, 0.25) is 0 Å². The van der Waals surface area contributed by atoms with E-state index in [1.807, 2.05) is 12.1 Å². The van der Waals surface area contributed by atoms with Crippen molar-refractivity contribution in [1.29, 1.82) is 0 Å². The number of nitrogens with zero attached hydrogens (tertiary/aromatic N) is 2. The third-order valence-electron chi connectivity index (χ3n) is 3.98. The molecule has 0 spiro atoms. The largest absolute Gasteiger partial charge is 0.332 e. The number of thiophene rings is 1. The molecule has 2 aliphatic rings. The highest BCUT2D eigenvalue weighted by Gasteiger charge is 2.36. The zero-order chi connectivity index (χ0) is 12.7.